The third-order valence-electron chi connectivity index (χ3n) is 2.04. The normalized spacial score (nSPS) is 10.2. The zero-order chi connectivity index (χ0) is 10.5. The van der Waals surface area contributed by atoms with Crippen molar-refractivity contribution in [3.63, 3.8) is 0 Å². The zero-order valence-electron chi connectivity index (χ0n) is 8.63. The lowest BCUT2D eigenvalue weighted by molar-refractivity contribution is 0.287. The van der Waals surface area contributed by atoms with Crippen molar-refractivity contribution in [2.75, 3.05) is 6.61 Å². The van der Waals surface area contributed by atoms with Gasteiger partial charge in [-0.1, -0.05) is 6.07 Å². The third-order valence-corrected chi connectivity index (χ3v) is 2.04. The van der Waals surface area contributed by atoms with Gasteiger partial charge >= 0.3 is 0 Å². The highest BCUT2D eigenvalue weighted by atomic mass is 16.5. The summed E-state index contributed by atoms with van der Waals surface area (Å²) in [6.07, 6.45) is 7.23. The van der Waals surface area contributed by atoms with E-state index in [9.17, 15) is 0 Å². The first-order valence-electron chi connectivity index (χ1n) is 4.86. The Morgan fingerprint density at radius 2 is 2.33 bits per heavy atom. The van der Waals surface area contributed by atoms with E-state index in [4.69, 9.17) is 4.74 Å². The van der Waals surface area contributed by atoms with Crippen LogP contribution in [-0.4, -0.2) is 21.1 Å². The van der Waals surface area contributed by atoms with Crippen molar-refractivity contribution in [3.05, 3.63) is 42.6 Å². The molecule has 0 radical (unpaired) electrons. The lowest BCUT2D eigenvalue weighted by Gasteiger charge is -2.05. The Morgan fingerprint density at radius 1 is 1.40 bits per heavy atom. The fourth-order valence-corrected chi connectivity index (χ4v) is 1.21. The summed E-state index contributed by atoms with van der Waals surface area (Å²) in [4.78, 5) is 8.10. The average molecular weight is 203 g/mol. The minimum Gasteiger partial charge on any atom is -0.476 e. The molecule has 0 bridgehead atoms. The number of ether oxygens (including phenoxy) is 1. The van der Waals surface area contributed by atoms with Crippen molar-refractivity contribution in [1.29, 1.82) is 0 Å². The van der Waals surface area contributed by atoms with Crippen LogP contribution in [0.3, 0.4) is 0 Å². The van der Waals surface area contributed by atoms with Crippen LogP contribution in [0.15, 0.2) is 37.1 Å². The molecule has 2 heterocycles. The summed E-state index contributed by atoms with van der Waals surface area (Å²) in [5, 5.41) is 0. The molecule has 4 nitrogen and oxygen atoms in total. The highest BCUT2D eigenvalue weighted by molar-refractivity contribution is 5.16. The van der Waals surface area contributed by atoms with E-state index in [2.05, 4.69) is 9.97 Å². The molecule has 2 rings (SSSR count). The van der Waals surface area contributed by atoms with E-state index in [0.29, 0.717) is 12.5 Å². The molecule has 0 saturated carbocycles. The van der Waals surface area contributed by atoms with Gasteiger partial charge in [-0.2, -0.15) is 0 Å². The standard InChI is InChI=1S/C11H13N3O/c1-10-2-3-11(13-8-10)15-7-6-14-5-4-12-9-14/h2-5,8-9H,6-7H2,1H3. The van der Waals surface area contributed by atoms with Gasteiger partial charge in [0.15, 0.2) is 0 Å². The lowest BCUT2D eigenvalue weighted by Crippen LogP contribution is -2.07. The Labute approximate surface area is 88.6 Å². The quantitative estimate of drug-likeness (QED) is 0.758. The second-order valence-electron chi connectivity index (χ2n) is 3.32. The van der Waals surface area contributed by atoms with Crippen LogP contribution < -0.4 is 4.74 Å². The summed E-state index contributed by atoms with van der Waals surface area (Å²) in [6, 6.07) is 3.86. The Kier molecular flexibility index (Phi) is 2.97. The molecule has 78 valence electrons. The molecule has 0 atom stereocenters. The Morgan fingerprint density at radius 3 is 3.00 bits per heavy atom. The monoisotopic (exact) mass is 203 g/mol. The summed E-state index contributed by atoms with van der Waals surface area (Å²) >= 11 is 0. The van der Waals surface area contributed by atoms with Crippen molar-refractivity contribution < 1.29 is 4.74 Å². The number of imidazole rings is 1. The number of aryl methyl sites for hydroxylation is 1. The van der Waals surface area contributed by atoms with Gasteiger partial charge < -0.3 is 9.30 Å². The number of pyridine rings is 1. The smallest absolute Gasteiger partial charge is 0.213 e. The van der Waals surface area contributed by atoms with Gasteiger partial charge in [0.2, 0.25) is 5.88 Å². The van der Waals surface area contributed by atoms with Crippen molar-refractivity contribution in [3.8, 4) is 5.88 Å². The molecule has 0 unspecified atom stereocenters. The summed E-state index contributed by atoms with van der Waals surface area (Å²) in [5.74, 6) is 0.667. The van der Waals surface area contributed by atoms with E-state index in [1.807, 2.05) is 29.8 Å². The van der Waals surface area contributed by atoms with Gasteiger partial charge in [0.25, 0.3) is 0 Å². The molecule has 4 heteroatoms. The van der Waals surface area contributed by atoms with E-state index in [-0.39, 0.29) is 0 Å². The highest BCUT2D eigenvalue weighted by Crippen LogP contribution is 2.06. The van der Waals surface area contributed by atoms with Crippen LogP contribution in [0.1, 0.15) is 5.56 Å². The van der Waals surface area contributed by atoms with Crippen LogP contribution in [0, 0.1) is 6.92 Å². The Hall–Kier alpha value is -1.84. The molecule has 2 aromatic heterocycles. The Balaban J connectivity index is 1.81. The minimum absolute atomic E-state index is 0.604. The summed E-state index contributed by atoms with van der Waals surface area (Å²) in [7, 11) is 0. The van der Waals surface area contributed by atoms with Gasteiger partial charge in [-0.15, -0.1) is 0 Å². The van der Waals surface area contributed by atoms with Crippen LogP contribution >= 0.6 is 0 Å². The summed E-state index contributed by atoms with van der Waals surface area (Å²) in [6.45, 7) is 3.39. The van der Waals surface area contributed by atoms with Gasteiger partial charge in [-0.25, -0.2) is 9.97 Å². The Bertz CT molecular complexity index is 394. The van der Waals surface area contributed by atoms with Crippen LogP contribution in [-0.2, 0) is 6.54 Å². The van der Waals surface area contributed by atoms with Gasteiger partial charge in [0.05, 0.1) is 12.9 Å². The van der Waals surface area contributed by atoms with Gasteiger partial charge in [-0.3, -0.25) is 0 Å². The van der Waals surface area contributed by atoms with Crippen LogP contribution in [0.4, 0.5) is 0 Å². The highest BCUT2D eigenvalue weighted by Gasteiger charge is 1.94. The molecular weight excluding hydrogens is 190 g/mol. The molecule has 0 saturated heterocycles. The number of aromatic nitrogens is 3. The molecule has 2 aromatic rings. The molecule has 0 amide bonds. The van der Waals surface area contributed by atoms with Crippen LogP contribution in [0.2, 0.25) is 0 Å². The van der Waals surface area contributed by atoms with E-state index < -0.39 is 0 Å². The maximum absolute atomic E-state index is 5.47. The topological polar surface area (TPSA) is 39.9 Å². The predicted octanol–water partition coefficient (Wildman–Crippen LogP) is 1.67. The third kappa shape index (κ3) is 2.80. The molecule has 0 aliphatic rings. The van der Waals surface area contributed by atoms with E-state index in [1.165, 1.54) is 0 Å². The largest absolute Gasteiger partial charge is 0.476 e. The van der Waals surface area contributed by atoms with Gasteiger partial charge in [0, 0.05) is 24.7 Å². The maximum Gasteiger partial charge on any atom is 0.213 e. The number of rotatable bonds is 4. The van der Waals surface area contributed by atoms with Crippen LogP contribution in [0.25, 0.3) is 0 Å². The minimum atomic E-state index is 0.604. The van der Waals surface area contributed by atoms with Crippen molar-refractivity contribution >= 4 is 0 Å². The number of nitrogens with zero attached hydrogens (tertiary/aromatic N) is 3. The molecule has 0 aliphatic carbocycles. The molecular formula is C11H13N3O. The number of hydrogen-bond donors (Lipinski definition) is 0. The summed E-state index contributed by atoms with van der Waals surface area (Å²) in [5.41, 5.74) is 1.14. The van der Waals surface area contributed by atoms with E-state index >= 15 is 0 Å². The maximum atomic E-state index is 5.47. The fraction of sp³-hybridized carbons (Fsp3) is 0.273. The van der Waals surface area contributed by atoms with E-state index in [0.717, 1.165) is 12.1 Å². The first-order chi connectivity index (χ1) is 7.34. The fourth-order valence-electron chi connectivity index (χ4n) is 1.21. The van der Waals surface area contributed by atoms with E-state index in [1.54, 1.807) is 18.7 Å². The molecule has 0 aliphatic heterocycles. The molecule has 0 fully saturated rings. The lowest BCUT2D eigenvalue weighted by atomic mass is 10.3. The number of hydrogen-bond acceptors (Lipinski definition) is 3. The molecule has 0 spiro atoms. The van der Waals surface area contributed by atoms with Crippen molar-refractivity contribution in [2.45, 2.75) is 13.5 Å². The SMILES string of the molecule is Cc1ccc(OCCn2ccnc2)nc1. The van der Waals surface area contributed by atoms with Gasteiger partial charge in [-0.05, 0) is 12.5 Å². The first-order valence-corrected chi connectivity index (χ1v) is 4.86. The van der Waals surface area contributed by atoms with Crippen molar-refractivity contribution in [2.24, 2.45) is 0 Å². The molecule has 0 N–H and O–H groups in total. The molecule has 0 aromatic carbocycles. The average Bonchev–Trinajstić information content (AvgIpc) is 2.74. The van der Waals surface area contributed by atoms with Gasteiger partial charge in [0.1, 0.15) is 6.61 Å². The summed E-state index contributed by atoms with van der Waals surface area (Å²) < 4.78 is 7.44. The van der Waals surface area contributed by atoms with Crippen LogP contribution in [0.5, 0.6) is 5.88 Å². The second-order valence-corrected chi connectivity index (χ2v) is 3.32. The molecule has 15 heavy (non-hydrogen) atoms. The first kappa shape index (κ1) is 9.71. The second kappa shape index (κ2) is 4.59. The van der Waals surface area contributed by atoms with Crippen molar-refractivity contribution in [1.82, 2.24) is 14.5 Å². The predicted molar refractivity (Wildman–Crippen MR) is 56.7 cm³/mol. The zero-order valence-corrected chi connectivity index (χ0v) is 8.63.